The van der Waals surface area contributed by atoms with Gasteiger partial charge in [0, 0.05) is 13.7 Å². The van der Waals surface area contributed by atoms with Gasteiger partial charge in [0.2, 0.25) is 10.0 Å². The van der Waals surface area contributed by atoms with Crippen molar-refractivity contribution in [3.63, 3.8) is 0 Å². The number of ether oxygens (including phenoxy) is 2. The lowest BCUT2D eigenvalue weighted by Crippen LogP contribution is -2.33. The monoisotopic (exact) mass is 325 g/mol. The lowest BCUT2D eigenvalue weighted by Gasteiger charge is -2.20. The molecule has 22 heavy (non-hydrogen) atoms. The smallest absolute Gasteiger partial charge is 0.240 e. The van der Waals surface area contributed by atoms with E-state index in [4.69, 9.17) is 9.47 Å². The Morgan fingerprint density at radius 2 is 2.18 bits per heavy atom. The summed E-state index contributed by atoms with van der Waals surface area (Å²) in [6, 6.07) is 5.12. The summed E-state index contributed by atoms with van der Waals surface area (Å²) in [6.45, 7) is 1.14. The average Bonchev–Trinajstić information content (AvgIpc) is 3.00. The van der Waals surface area contributed by atoms with E-state index in [1.54, 1.807) is 25.3 Å². The van der Waals surface area contributed by atoms with E-state index in [9.17, 15) is 8.42 Å². The molecule has 1 heterocycles. The van der Waals surface area contributed by atoms with E-state index in [-0.39, 0.29) is 12.0 Å². The number of nitrogens with one attached hydrogen (secondary N) is 1. The molecule has 1 fully saturated rings. The zero-order chi connectivity index (χ0) is 15.6. The van der Waals surface area contributed by atoms with Gasteiger partial charge in [0.05, 0.1) is 17.6 Å². The molecule has 0 saturated heterocycles. The van der Waals surface area contributed by atoms with Crippen LogP contribution in [0.3, 0.4) is 0 Å². The van der Waals surface area contributed by atoms with Gasteiger partial charge in [-0.1, -0.05) is 6.42 Å². The molecule has 5 nitrogen and oxygen atoms in total. The third kappa shape index (κ3) is 3.29. The van der Waals surface area contributed by atoms with Crippen LogP contribution in [0.5, 0.6) is 5.75 Å². The Morgan fingerprint density at radius 3 is 3.00 bits per heavy atom. The molecule has 6 heteroatoms. The van der Waals surface area contributed by atoms with Gasteiger partial charge >= 0.3 is 0 Å². The molecule has 0 radical (unpaired) electrons. The predicted molar refractivity (Wildman–Crippen MR) is 83.6 cm³/mol. The van der Waals surface area contributed by atoms with Crippen molar-refractivity contribution < 1.29 is 17.9 Å². The summed E-state index contributed by atoms with van der Waals surface area (Å²) in [7, 11) is -1.78. The second-order valence-corrected chi connectivity index (χ2v) is 7.81. The Balaban J connectivity index is 1.70. The van der Waals surface area contributed by atoms with Crippen LogP contribution in [0.15, 0.2) is 23.1 Å². The highest BCUT2D eigenvalue weighted by Gasteiger charge is 2.28. The molecule has 0 bridgehead atoms. The molecule has 122 valence electrons. The number of benzene rings is 1. The van der Waals surface area contributed by atoms with E-state index in [2.05, 4.69) is 4.72 Å². The standard InChI is InChI=1S/C16H23NO4S/c1-20-15-6-2-4-13(15)11-17-22(18,19)14-7-8-16-12(10-14)5-3-9-21-16/h7-8,10,13,15,17H,2-6,9,11H2,1H3. The van der Waals surface area contributed by atoms with Crippen LogP contribution in [0.1, 0.15) is 31.2 Å². The third-order valence-corrected chi connectivity index (χ3v) is 6.04. The van der Waals surface area contributed by atoms with Crippen molar-refractivity contribution >= 4 is 10.0 Å². The summed E-state index contributed by atoms with van der Waals surface area (Å²) in [5.41, 5.74) is 0.977. The number of fused-ring (bicyclic) bond motifs is 1. The van der Waals surface area contributed by atoms with Crippen molar-refractivity contribution in [3.8, 4) is 5.75 Å². The van der Waals surface area contributed by atoms with Crippen LogP contribution in [0, 0.1) is 5.92 Å². The highest BCUT2D eigenvalue weighted by atomic mass is 32.2. The SMILES string of the molecule is COC1CCCC1CNS(=O)(=O)c1ccc2c(c1)CCCO2. The van der Waals surface area contributed by atoms with Gasteiger partial charge in [0.15, 0.2) is 0 Å². The van der Waals surface area contributed by atoms with Gasteiger partial charge in [-0.25, -0.2) is 13.1 Å². The van der Waals surface area contributed by atoms with E-state index in [0.29, 0.717) is 18.0 Å². The zero-order valence-corrected chi connectivity index (χ0v) is 13.7. The first kappa shape index (κ1) is 15.8. The summed E-state index contributed by atoms with van der Waals surface area (Å²) < 4.78 is 38.6. The normalized spacial score (nSPS) is 24.8. The maximum absolute atomic E-state index is 12.5. The van der Waals surface area contributed by atoms with Crippen molar-refractivity contribution in [3.05, 3.63) is 23.8 Å². The molecule has 1 aliphatic carbocycles. The molecule has 2 aliphatic rings. The number of rotatable bonds is 5. The van der Waals surface area contributed by atoms with Crippen LogP contribution >= 0.6 is 0 Å². The van der Waals surface area contributed by atoms with E-state index in [0.717, 1.165) is 43.4 Å². The largest absolute Gasteiger partial charge is 0.493 e. The lowest BCUT2D eigenvalue weighted by molar-refractivity contribution is 0.0729. The minimum atomic E-state index is -3.47. The molecule has 3 rings (SSSR count). The molecule has 1 aliphatic heterocycles. The molecular formula is C16H23NO4S. The lowest BCUT2D eigenvalue weighted by atomic mass is 10.1. The van der Waals surface area contributed by atoms with Crippen LogP contribution in [-0.4, -0.2) is 34.8 Å². The Morgan fingerprint density at radius 1 is 1.32 bits per heavy atom. The minimum absolute atomic E-state index is 0.166. The van der Waals surface area contributed by atoms with E-state index < -0.39 is 10.0 Å². The summed E-state index contributed by atoms with van der Waals surface area (Å²) >= 11 is 0. The molecular weight excluding hydrogens is 302 g/mol. The van der Waals surface area contributed by atoms with Crippen LogP contribution < -0.4 is 9.46 Å². The predicted octanol–water partition coefficient (Wildman–Crippen LogP) is 2.11. The molecule has 2 atom stereocenters. The Kier molecular flexibility index (Phi) is 4.70. The summed E-state index contributed by atoms with van der Waals surface area (Å²) in [5.74, 6) is 1.07. The molecule has 2 unspecified atom stereocenters. The fourth-order valence-corrected chi connectivity index (χ4v) is 4.50. The molecule has 0 spiro atoms. The first-order valence-corrected chi connectivity index (χ1v) is 9.36. The maximum Gasteiger partial charge on any atom is 0.240 e. The minimum Gasteiger partial charge on any atom is -0.493 e. The van der Waals surface area contributed by atoms with Crippen molar-refractivity contribution in [2.45, 2.75) is 43.1 Å². The topological polar surface area (TPSA) is 64.6 Å². The maximum atomic E-state index is 12.5. The van der Waals surface area contributed by atoms with Gasteiger partial charge in [-0.05, 0) is 55.4 Å². The van der Waals surface area contributed by atoms with Gasteiger partial charge in [-0.15, -0.1) is 0 Å². The Labute approximate surface area is 132 Å². The second kappa shape index (κ2) is 6.56. The van der Waals surface area contributed by atoms with Gasteiger partial charge in [0.1, 0.15) is 5.75 Å². The Bertz CT molecular complexity index is 629. The number of aryl methyl sites for hydroxylation is 1. The first-order valence-electron chi connectivity index (χ1n) is 7.88. The van der Waals surface area contributed by atoms with E-state index >= 15 is 0 Å². The van der Waals surface area contributed by atoms with Crippen molar-refractivity contribution in [1.29, 1.82) is 0 Å². The molecule has 1 N–H and O–H groups in total. The number of sulfonamides is 1. The van der Waals surface area contributed by atoms with Crippen molar-refractivity contribution in [2.24, 2.45) is 5.92 Å². The average molecular weight is 325 g/mol. The molecule has 1 saturated carbocycles. The van der Waals surface area contributed by atoms with Crippen molar-refractivity contribution in [2.75, 3.05) is 20.3 Å². The Hall–Kier alpha value is -1.11. The van der Waals surface area contributed by atoms with Gasteiger partial charge in [0.25, 0.3) is 0 Å². The van der Waals surface area contributed by atoms with Gasteiger partial charge in [-0.2, -0.15) is 0 Å². The second-order valence-electron chi connectivity index (χ2n) is 6.04. The van der Waals surface area contributed by atoms with E-state index in [1.807, 2.05) is 0 Å². The van der Waals surface area contributed by atoms with Gasteiger partial charge < -0.3 is 9.47 Å². The molecule has 1 aromatic carbocycles. The van der Waals surface area contributed by atoms with Crippen molar-refractivity contribution in [1.82, 2.24) is 4.72 Å². The molecule has 0 amide bonds. The fraction of sp³-hybridized carbons (Fsp3) is 0.625. The summed E-state index contributed by atoms with van der Waals surface area (Å²) in [5, 5.41) is 0. The number of methoxy groups -OCH3 is 1. The quantitative estimate of drug-likeness (QED) is 0.900. The summed E-state index contributed by atoms with van der Waals surface area (Å²) in [4.78, 5) is 0.323. The fourth-order valence-electron chi connectivity index (χ4n) is 3.35. The zero-order valence-electron chi connectivity index (χ0n) is 12.9. The van der Waals surface area contributed by atoms with Crippen LogP contribution in [0.2, 0.25) is 0 Å². The first-order chi connectivity index (χ1) is 10.6. The van der Waals surface area contributed by atoms with Crippen LogP contribution in [0.25, 0.3) is 0 Å². The molecule has 1 aromatic rings. The highest BCUT2D eigenvalue weighted by molar-refractivity contribution is 7.89. The third-order valence-electron chi connectivity index (χ3n) is 4.62. The highest BCUT2D eigenvalue weighted by Crippen LogP contribution is 2.29. The van der Waals surface area contributed by atoms with E-state index in [1.165, 1.54) is 0 Å². The number of hydrogen-bond donors (Lipinski definition) is 1. The van der Waals surface area contributed by atoms with Gasteiger partial charge in [-0.3, -0.25) is 0 Å². The van der Waals surface area contributed by atoms with Crippen LogP contribution in [-0.2, 0) is 21.2 Å². The summed E-state index contributed by atoms with van der Waals surface area (Å²) in [6.07, 6.45) is 5.09. The molecule has 0 aromatic heterocycles. The van der Waals surface area contributed by atoms with Crippen LogP contribution in [0.4, 0.5) is 0 Å². The number of hydrogen-bond acceptors (Lipinski definition) is 4.